The maximum absolute atomic E-state index is 12.4. The van der Waals surface area contributed by atoms with E-state index in [0.29, 0.717) is 31.8 Å². The molecule has 1 saturated carbocycles. The maximum Gasteiger partial charge on any atom is 0.329 e. The molecule has 1 aliphatic carbocycles. The van der Waals surface area contributed by atoms with E-state index in [2.05, 4.69) is 17.6 Å². The molecule has 0 bridgehead atoms. The standard InChI is InChI=1S/C15H27N3O3/c1-2-12-4-6-15(7-5-12,13(19)20)17-14(21)18-10-3-8-16-9-11-18/h12,16H,2-11H2,1H3,(H,17,21)(H,19,20). The van der Waals surface area contributed by atoms with Crippen LogP contribution in [-0.2, 0) is 4.79 Å². The number of carbonyl (C=O) groups is 2. The highest BCUT2D eigenvalue weighted by molar-refractivity contribution is 5.86. The fourth-order valence-corrected chi connectivity index (χ4v) is 3.30. The number of carboxylic acids is 1. The molecule has 2 aliphatic rings. The third-order valence-corrected chi connectivity index (χ3v) is 4.92. The highest BCUT2D eigenvalue weighted by Gasteiger charge is 2.43. The van der Waals surface area contributed by atoms with Gasteiger partial charge in [-0.1, -0.05) is 13.3 Å². The average Bonchev–Trinajstić information content (AvgIpc) is 2.77. The van der Waals surface area contributed by atoms with E-state index in [0.717, 1.165) is 38.8 Å². The third kappa shape index (κ3) is 3.87. The van der Waals surface area contributed by atoms with Crippen LogP contribution in [0.25, 0.3) is 0 Å². The molecule has 0 atom stereocenters. The molecule has 0 aromatic heterocycles. The highest BCUT2D eigenvalue weighted by atomic mass is 16.4. The monoisotopic (exact) mass is 297 g/mol. The number of carbonyl (C=O) groups excluding carboxylic acids is 1. The fraction of sp³-hybridized carbons (Fsp3) is 0.867. The Hall–Kier alpha value is -1.30. The summed E-state index contributed by atoms with van der Waals surface area (Å²) in [6, 6.07) is -0.226. The van der Waals surface area contributed by atoms with Gasteiger partial charge in [0.1, 0.15) is 5.54 Å². The molecule has 0 radical (unpaired) electrons. The Balaban J connectivity index is 1.99. The van der Waals surface area contributed by atoms with Crippen molar-refractivity contribution in [1.82, 2.24) is 15.5 Å². The lowest BCUT2D eigenvalue weighted by Gasteiger charge is -2.38. The zero-order valence-electron chi connectivity index (χ0n) is 12.9. The summed E-state index contributed by atoms with van der Waals surface area (Å²) >= 11 is 0. The Labute approximate surface area is 126 Å². The van der Waals surface area contributed by atoms with Crippen molar-refractivity contribution < 1.29 is 14.7 Å². The number of aliphatic carboxylic acids is 1. The van der Waals surface area contributed by atoms with Crippen molar-refractivity contribution >= 4 is 12.0 Å². The van der Waals surface area contributed by atoms with E-state index < -0.39 is 11.5 Å². The summed E-state index contributed by atoms with van der Waals surface area (Å²) in [5, 5.41) is 15.7. The number of hydrogen-bond acceptors (Lipinski definition) is 3. The first-order chi connectivity index (χ1) is 10.1. The topological polar surface area (TPSA) is 81.7 Å². The lowest BCUT2D eigenvalue weighted by molar-refractivity contribution is -0.146. The molecular weight excluding hydrogens is 270 g/mol. The highest BCUT2D eigenvalue weighted by Crippen LogP contribution is 2.34. The number of amides is 2. The van der Waals surface area contributed by atoms with E-state index in [-0.39, 0.29) is 6.03 Å². The Morgan fingerprint density at radius 3 is 2.62 bits per heavy atom. The van der Waals surface area contributed by atoms with Gasteiger partial charge < -0.3 is 20.6 Å². The number of carboxylic acid groups (broad SMARTS) is 1. The third-order valence-electron chi connectivity index (χ3n) is 4.92. The quantitative estimate of drug-likeness (QED) is 0.736. The second-order valence-electron chi connectivity index (χ2n) is 6.26. The fourth-order valence-electron chi connectivity index (χ4n) is 3.30. The van der Waals surface area contributed by atoms with Crippen LogP contribution in [0.3, 0.4) is 0 Å². The normalized spacial score (nSPS) is 30.5. The van der Waals surface area contributed by atoms with Crippen LogP contribution in [0.1, 0.15) is 45.4 Å². The summed E-state index contributed by atoms with van der Waals surface area (Å²) in [7, 11) is 0. The van der Waals surface area contributed by atoms with Gasteiger partial charge in [-0.05, 0) is 44.6 Å². The van der Waals surface area contributed by atoms with Crippen LogP contribution in [0.5, 0.6) is 0 Å². The van der Waals surface area contributed by atoms with Crippen LogP contribution >= 0.6 is 0 Å². The van der Waals surface area contributed by atoms with E-state index in [1.54, 1.807) is 4.90 Å². The number of rotatable bonds is 3. The van der Waals surface area contributed by atoms with E-state index in [9.17, 15) is 14.7 Å². The van der Waals surface area contributed by atoms with Crippen molar-refractivity contribution in [2.75, 3.05) is 26.2 Å². The predicted octanol–water partition coefficient (Wildman–Crippen LogP) is 1.41. The first-order valence-electron chi connectivity index (χ1n) is 8.08. The largest absolute Gasteiger partial charge is 0.480 e. The molecule has 6 nitrogen and oxygen atoms in total. The SMILES string of the molecule is CCC1CCC(NC(=O)N2CCCNCC2)(C(=O)O)CC1. The Morgan fingerprint density at radius 2 is 2.00 bits per heavy atom. The molecule has 0 aromatic rings. The Morgan fingerprint density at radius 1 is 1.29 bits per heavy atom. The van der Waals surface area contributed by atoms with Crippen molar-refractivity contribution in [2.24, 2.45) is 5.92 Å². The summed E-state index contributed by atoms with van der Waals surface area (Å²) in [6.45, 7) is 5.14. The van der Waals surface area contributed by atoms with E-state index >= 15 is 0 Å². The van der Waals surface area contributed by atoms with E-state index in [1.807, 2.05) is 0 Å². The van der Waals surface area contributed by atoms with Gasteiger partial charge in [0.15, 0.2) is 0 Å². The minimum atomic E-state index is -1.07. The zero-order valence-corrected chi connectivity index (χ0v) is 12.9. The van der Waals surface area contributed by atoms with Gasteiger partial charge in [0.25, 0.3) is 0 Å². The van der Waals surface area contributed by atoms with Gasteiger partial charge in [0.05, 0.1) is 0 Å². The summed E-state index contributed by atoms with van der Waals surface area (Å²) < 4.78 is 0. The first-order valence-corrected chi connectivity index (χ1v) is 8.08. The maximum atomic E-state index is 12.4. The van der Waals surface area contributed by atoms with Crippen LogP contribution in [0.4, 0.5) is 4.79 Å². The van der Waals surface area contributed by atoms with E-state index in [4.69, 9.17) is 0 Å². The van der Waals surface area contributed by atoms with Crippen LogP contribution in [0.15, 0.2) is 0 Å². The molecule has 2 rings (SSSR count). The zero-order chi connectivity index (χ0) is 15.3. The smallest absolute Gasteiger partial charge is 0.329 e. The summed E-state index contributed by atoms with van der Waals surface area (Å²) in [5.41, 5.74) is -1.07. The molecule has 3 N–H and O–H groups in total. The van der Waals surface area contributed by atoms with Crippen molar-refractivity contribution in [2.45, 2.75) is 51.0 Å². The lowest BCUT2D eigenvalue weighted by Crippen LogP contribution is -2.59. The number of urea groups is 1. The Kier molecular flexibility index (Phi) is 5.45. The molecule has 1 aliphatic heterocycles. The molecule has 0 spiro atoms. The van der Waals surface area contributed by atoms with E-state index in [1.165, 1.54) is 0 Å². The Bertz CT molecular complexity index is 370. The van der Waals surface area contributed by atoms with Crippen LogP contribution < -0.4 is 10.6 Å². The second-order valence-corrected chi connectivity index (χ2v) is 6.26. The molecule has 2 amide bonds. The van der Waals surface area contributed by atoms with Crippen molar-refractivity contribution in [1.29, 1.82) is 0 Å². The molecule has 120 valence electrons. The number of nitrogens with one attached hydrogen (secondary N) is 2. The molecule has 1 saturated heterocycles. The van der Waals surface area contributed by atoms with Crippen LogP contribution in [0, 0.1) is 5.92 Å². The van der Waals surface area contributed by atoms with Crippen LogP contribution in [0.2, 0.25) is 0 Å². The van der Waals surface area contributed by atoms with Gasteiger partial charge in [-0.3, -0.25) is 0 Å². The van der Waals surface area contributed by atoms with Gasteiger partial charge in [-0.25, -0.2) is 9.59 Å². The van der Waals surface area contributed by atoms with Crippen LogP contribution in [-0.4, -0.2) is 53.7 Å². The molecule has 2 fully saturated rings. The molecular formula is C15H27N3O3. The van der Waals surface area contributed by atoms with Gasteiger partial charge in [-0.2, -0.15) is 0 Å². The predicted molar refractivity (Wildman–Crippen MR) is 80.2 cm³/mol. The molecule has 0 aromatic carbocycles. The number of hydrogen-bond donors (Lipinski definition) is 3. The van der Waals surface area contributed by atoms with Crippen molar-refractivity contribution in [3.8, 4) is 0 Å². The summed E-state index contributed by atoms with van der Waals surface area (Å²) in [6.07, 6.45) is 4.83. The minimum Gasteiger partial charge on any atom is -0.480 e. The molecule has 1 heterocycles. The molecule has 0 unspecified atom stereocenters. The van der Waals surface area contributed by atoms with Gasteiger partial charge in [-0.15, -0.1) is 0 Å². The van der Waals surface area contributed by atoms with Gasteiger partial charge in [0.2, 0.25) is 0 Å². The minimum absolute atomic E-state index is 0.226. The number of nitrogens with zero attached hydrogens (tertiary/aromatic N) is 1. The lowest BCUT2D eigenvalue weighted by atomic mass is 9.75. The summed E-state index contributed by atoms with van der Waals surface area (Å²) in [5.74, 6) is -0.296. The molecule has 6 heteroatoms. The first kappa shape index (κ1) is 16.1. The summed E-state index contributed by atoms with van der Waals surface area (Å²) in [4.78, 5) is 25.8. The average molecular weight is 297 g/mol. The van der Waals surface area contributed by atoms with Crippen molar-refractivity contribution in [3.63, 3.8) is 0 Å². The van der Waals surface area contributed by atoms with Crippen molar-refractivity contribution in [3.05, 3.63) is 0 Å². The van der Waals surface area contributed by atoms with Gasteiger partial charge >= 0.3 is 12.0 Å². The van der Waals surface area contributed by atoms with Gasteiger partial charge in [0, 0.05) is 19.6 Å². The second kappa shape index (κ2) is 7.11. The molecule has 21 heavy (non-hydrogen) atoms.